The van der Waals surface area contributed by atoms with Gasteiger partial charge in [0, 0.05) is 6.42 Å². The van der Waals surface area contributed by atoms with Gasteiger partial charge in [-0.05, 0) is 13.3 Å². The first-order chi connectivity index (χ1) is 6.50. The van der Waals surface area contributed by atoms with Gasteiger partial charge in [-0.2, -0.15) is 0 Å². The fourth-order valence-electron chi connectivity index (χ4n) is 1.24. The number of carbonyl (C=O) groups excluding carboxylic acids is 2. The molecule has 1 heterocycles. The summed E-state index contributed by atoms with van der Waals surface area (Å²) < 4.78 is 24.3. The van der Waals surface area contributed by atoms with Crippen molar-refractivity contribution in [1.29, 1.82) is 0 Å². The van der Waals surface area contributed by atoms with E-state index in [1.165, 1.54) is 6.92 Å². The molecule has 4 nitrogen and oxygen atoms in total. The maximum atomic E-state index is 12.1. The van der Waals surface area contributed by atoms with E-state index in [1.54, 1.807) is 0 Å². The van der Waals surface area contributed by atoms with Gasteiger partial charge in [0.2, 0.25) is 11.8 Å². The molecule has 6 heteroatoms. The van der Waals surface area contributed by atoms with Crippen LogP contribution in [-0.2, 0) is 9.59 Å². The van der Waals surface area contributed by atoms with Gasteiger partial charge in [0.25, 0.3) is 6.43 Å². The van der Waals surface area contributed by atoms with Crippen molar-refractivity contribution in [3.8, 4) is 0 Å². The van der Waals surface area contributed by atoms with E-state index in [2.05, 4.69) is 10.6 Å². The average molecular weight is 206 g/mol. The van der Waals surface area contributed by atoms with Crippen molar-refractivity contribution in [3.63, 3.8) is 0 Å². The number of rotatable bonds is 3. The van der Waals surface area contributed by atoms with E-state index in [1.807, 2.05) is 0 Å². The van der Waals surface area contributed by atoms with Gasteiger partial charge in [-0.1, -0.05) is 0 Å². The molecule has 1 aliphatic rings. The zero-order valence-electron chi connectivity index (χ0n) is 7.72. The number of imide groups is 1. The molecule has 0 saturated carbocycles. The average Bonchev–Trinajstić information content (AvgIpc) is 2.09. The SMILES string of the molecule is CC(NC1CCC(=O)NC1=O)C(F)F. The van der Waals surface area contributed by atoms with Crippen LogP contribution in [0.5, 0.6) is 0 Å². The number of alkyl halides is 2. The first-order valence-corrected chi connectivity index (χ1v) is 4.38. The predicted octanol–water partition coefficient (Wildman–Crippen LogP) is 0.0348. The second-order valence-electron chi connectivity index (χ2n) is 3.29. The highest BCUT2D eigenvalue weighted by Gasteiger charge is 2.29. The molecule has 1 rings (SSSR count). The molecule has 0 bridgehead atoms. The maximum Gasteiger partial charge on any atom is 0.253 e. The largest absolute Gasteiger partial charge is 0.298 e. The van der Waals surface area contributed by atoms with Crippen molar-refractivity contribution < 1.29 is 18.4 Å². The second kappa shape index (κ2) is 4.45. The minimum atomic E-state index is -2.51. The minimum absolute atomic E-state index is 0.194. The van der Waals surface area contributed by atoms with Crippen LogP contribution in [0.2, 0.25) is 0 Å². The Bertz CT molecular complexity index is 245. The van der Waals surface area contributed by atoms with E-state index in [0.29, 0.717) is 0 Å². The Morgan fingerprint density at radius 2 is 2.14 bits per heavy atom. The maximum absolute atomic E-state index is 12.1. The summed E-state index contributed by atoms with van der Waals surface area (Å²) in [7, 11) is 0. The molecule has 2 atom stereocenters. The topological polar surface area (TPSA) is 58.2 Å². The van der Waals surface area contributed by atoms with Gasteiger partial charge in [0.05, 0.1) is 12.1 Å². The lowest BCUT2D eigenvalue weighted by Gasteiger charge is -2.24. The summed E-state index contributed by atoms with van der Waals surface area (Å²) in [5.41, 5.74) is 0. The highest BCUT2D eigenvalue weighted by Crippen LogP contribution is 2.08. The fraction of sp³-hybridized carbons (Fsp3) is 0.750. The molecular formula is C8H12F2N2O2. The molecule has 14 heavy (non-hydrogen) atoms. The quantitative estimate of drug-likeness (QED) is 0.641. The number of halogens is 2. The number of carbonyl (C=O) groups is 2. The molecule has 0 aliphatic carbocycles. The van der Waals surface area contributed by atoms with Crippen LogP contribution in [0.3, 0.4) is 0 Å². The number of piperidine rings is 1. The predicted molar refractivity (Wildman–Crippen MR) is 44.8 cm³/mol. The van der Waals surface area contributed by atoms with Crippen LogP contribution in [-0.4, -0.2) is 30.3 Å². The minimum Gasteiger partial charge on any atom is -0.298 e. The third-order valence-corrected chi connectivity index (χ3v) is 2.08. The summed E-state index contributed by atoms with van der Waals surface area (Å²) in [6.45, 7) is 1.30. The van der Waals surface area contributed by atoms with E-state index < -0.39 is 24.4 Å². The zero-order valence-corrected chi connectivity index (χ0v) is 7.72. The van der Waals surface area contributed by atoms with E-state index in [4.69, 9.17) is 0 Å². The Labute approximate surface area is 80.0 Å². The standard InChI is InChI=1S/C8H12F2N2O2/c1-4(7(9)10)11-5-2-3-6(13)12-8(5)14/h4-5,7,11H,2-3H2,1H3,(H,12,13,14). The van der Waals surface area contributed by atoms with Crippen LogP contribution in [0.25, 0.3) is 0 Å². The first kappa shape index (κ1) is 11.0. The smallest absolute Gasteiger partial charge is 0.253 e. The summed E-state index contributed by atoms with van der Waals surface area (Å²) in [6.07, 6.45) is -2.04. The molecule has 2 unspecified atom stereocenters. The van der Waals surface area contributed by atoms with Gasteiger partial charge in [-0.25, -0.2) is 8.78 Å². The lowest BCUT2D eigenvalue weighted by atomic mass is 10.1. The second-order valence-corrected chi connectivity index (χ2v) is 3.29. The van der Waals surface area contributed by atoms with Gasteiger partial charge in [-0.15, -0.1) is 0 Å². The van der Waals surface area contributed by atoms with Crippen molar-refractivity contribution in [1.82, 2.24) is 10.6 Å². The van der Waals surface area contributed by atoms with Gasteiger partial charge in [0.1, 0.15) is 0 Å². The van der Waals surface area contributed by atoms with Crippen LogP contribution in [0.15, 0.2) is 0 Å². The molecule has 0 aromatic heterocycles. The van der Waals surface area contributed by atoms with Crippen molar-refractivity contribution in [3.05, 3.63) is 0 Å². The van der Waals surface area contributed by atoms with Crippen molar-refractivity contribution in [2.45, 2.75) is 38.3 Å². The van der Waals surface area contributed by atoms with Crippen LogP contribution in [0, 0.1) is 0 Å². The highest BCUT2D eigenvalue weighted by molar-refractivity contribution is 6.00. The summed E-state index contributed by atoms with van der Waals surface area (Å²) in [6, 6.07) is -1.73. The highest BCUT2D eigenvalue weighted by atomic mass is 19.3. The lowest BCUT2D eigenvalue weighted by molar-refractivity contribution is -0.135. The molecule has 0 aromatic rings. The Morgan fingerprint density at radius 1 is 1.50 bits per heavy atom. The Hall–Kier alpha value is -1.04. The Morgan fingerprint density at radius 3 is 2.64 bits per heavy atom. The van der Waals surface area contributed by atoms with Gasteiger partial charge in [0.15, 0.2) is 0 Å². The number of nitrogens with one attached hydrogen (secondary N) is 2. The molecule has 2 N–H and O–H groups in total. The molecular weight excluding hydrogens is 194 g/mol. The van der Waals surface area contributed by atoms with E-state index in [-0.39, 0.29) is 18.7 Å². The number of amides is 2. The first-order valence-electron chi connectivity index (χ1n) is 4.38. The summed E-state index contributed by atoms with van der Waals surface area (Å²) in [5, 5.41) is 4.56. The third-order valence-electron chi connectivity index (χ3n) is 2.08. The Balaban J connectivity index is 2.45. The monoisotopic (exact) mass is 206 g/mol. The number of hydrogen-bond acceptors (Lipinski definition) is 3. The van der Waals surface area contributed by atoms with Crippen LogP contribution >= 0.6 is 0 Å². The van der Waals surface area contributed by atoms with Crippen molar-refractivity contribution in [2.75, 3.05) is 0 Å². The molecule has 0 aromatic carbocycles. The van der Waals surface area contributed by atoms with E-state index in [0.717, 1.165) is 0 Å². The van der Waals surface area contributed by atoms with Gasteiger partial charge >= 0.3 is 0 Å². The normalized spacial score (nSPS) is 25.0. The molecule has 1 aliphatic heterocycles. The van der Waals surface area contributed by atoms with Crippen LogP contribution in [0.1, 0.15) is 19.8 Å². The summed E-state index contributed by atoms with van der Waals surface area (Å²) in [5.74, 6) is -0.869. The van der Waals surface area contributed by atoms with Crippen molar-refractivity contribution in [2.24, 2.45) is 0 Å². The van der Waals surface area contributed by atoms with Gasteiger partial charge in [-0.3, -0.25) is 20.2 Å². The molecule has 1 fully saturated rings. The molecule has 0 radical (unpaired) electrons. The lowest BCUT2D eigenvalue weighted by Crippen LogP contribution is -2.54. The van der Waals surface area contributed by atoms with E-state index in [9.17, 15) is 18.4 Å². The number of hydrogen-bond donors (Lipinski definition) is 2. The van der Waals surface area contributed by atoms with Crippen molar-refractivity contribution >= 4 is 11.8 Å². The fourth-order valence-corrected chi connectivity index (χ4v) is 1.24. The zero-order chi connectivity index (χ0) is 10.7. The molecule has 2 amide bonds. The van der Waals surface area contributed by atoms with Crippen LogP contribution in [0.4, 0.5) is 8.78 Å². The summed E-state index contributed by atoms with van der Waals surface area (Å²) >= 11 is 0. The third kappa shape index (κ3) is 2.73. The van der Waals surface area contributed by atoms with Gasteiger partial charge < -0.3 is 0 Å². The summed E-state index contributed by atoms with van der Waals surface area (Å²) in [4.78, 5) is 21.9. The van der Waals surface area contributed by atoms with E-state index >= 15 is 0 Å². The Kier molecular flexibility index (Phi) is 3.51. The molecule has 80 valence electrons. The molecule has 1 saturated heterocycles. The molecule has 0 spiro atoms. The van der Waals surface area contributed by atoms with Crippen LogP contribution < -0.4 is 10.6 Å².